The van der Waals surface area contributed by atoms with Crippen molar-refractivity contribution in [3.05, 3.63) is 35.4 Å². The van der Waals surface area contributed by atoms with Gasteiger partial charge in [0.1, 0.15) is 0 Å². The van der Waals surface area contributed by atoms with E-state index in [9.17, 15) is 5.11 Å². The van der Waals surface area contributed by atoms with Crippen molar-refractivity contribution in [3.63, 3.8) is 0 Å². The number of hydrogen-bond donors (Lipinski definition) is 2. The third-order valence-electron chi connectivity index (χ3n) is 4.49. The van der Waals surface area contributed by atoms with Crippen LogP contribution < -0.4 is 5.32 Å². The number of benzene rings is 1. The van der Waals surface area contributed by atoms with Crippen LogP contribution in [0.25, 0.3) is 0 Å². The monoisotopic (exact) mass is 291 g/mol. The molecule has 0 amide bonds. The van der Waals surface area contributed by atoms with E-state index in [4.69, 9.17) is 0 Å². The predicted molar refractivity (Wildman–Crippen MR) is 91.4 cm³/mol. The molecular weight excluding hydrogens is 258 g/mol. The van der Waals surface area contributed by atoms with Gasteiger partial charge in [-0.3, -0.25) is 0 Å². The maximum absolute atomic E-state index is 10.3. The standard InChI is InChI=1S/C19H33NO/c1-14(2)11-16-7-9-17(10-8-16)18(21)12-20-13-19(5,6)15(3)4/h7-10,14-15,18,20-21H,11-13H2,1-6H3. The van der Waals surface area contributed by atoms with Crippen LogP contribution in [0.5, 0.6) is 0 Å². The van der Waals surface area contributed by atoms with Gasteiger partial charge >= 0.3 is 0 Å². The minimum Gasteiger partial charge on any atom is -0.387 e. The molecule has 0 aliphatic heterocycles. The van der Waals surface area contributed by atoms with Gasteiger partial charge in [-0.15, -0.1) is 0 Å². The molecule has 0 fully saturated rings. The molecule has 1 aromatic carbocycles. The summed E-state index contributed by atoms with van der Waals surface area (Å²) in [5.41, 5.74) is 2.59. The predicted octanol–water partition coefficient (Wildman–Crippen LogP) is 4.19. The first kappa shape index (κ1) is 18.2. The lowest BCUT2D eigenvalue weighted by Crippen LogP contribution is -2.35. The van der Waals surface area contributed by atoms with Gasteiger partial charge < -0.3 is 10.4 Å². The molecule has 0 saturated carbocycles. The van der Waals surface area contributed by atoms with Crippen molar-refractivity contribution >= 4 is 0 Å². The number of nitrogens with one attached hydrogen (secondary N) is 1. The first-order valence-electron chi connectivity index (χ1n) is 8.20. The topological polar surface area (TPSA) is 32.3 Å². The van der Waals surface area contributed by atoms with Gasteiger partial charge in [0.2, 0.25) is 0 Å². The Bertz CT molecular complexity index is 406. The Labute approximate surface area is 131 Å². The summed E-state index contributed by atoms with van der Waals surface area (Å²) in [7, 11) is 0. The molecule has 1 atom stereocenters. The lowest BCUT2D eigenvalue weighted by molar-refractivity contribution is 0.160. The minimum absolute atomic E-state index is 0.251. The summed E-state index contributed by atoms with van der Waals surface area (Å²) >= 11 is 0. The van der Waals surface area contributed by atoms with Crippen LogP contribution in [0.3, 0.4) is 0 Å². The molecule has 0 aromatic heterocycles. The van der Waals surface area contributed by atoms with Gasteiger partial charge in [-0.1, -0.05) is 65.8 Å². The van der Waals surface area contributed by atoms with Gasteiger partial charge in [0, 0.05) is 13.1 Å². The largest absolute Gasteiger partial charge is 0.387 e. The number of rotatable bonds is 8. The van der Waals surface area contributed by atoms with Crippen molar-refractivity contribution in [2.24, 2.45) is 17.3 Å². The summed E-state index contributed by atoms with van der Waals surface area (Å²) < 4.78 is 0. The van der Waals surface area contributed by atoms with Gasteiger partial charge in [0.05, 0.1) is 6.10 Å². The number of hydrogen-bond acceptors (Lipinski definition) is 2. The summed E-state index contributed by atoms with van der Waals surface area (Å²) in [6, 6.07) is 8.38. The second kappa shape index (κ2) is 7.95. The summed E-state index contributed by atoms with van der Waals surface area (Å²) in [5, 5.41) is 13.7. The molecule has 0 saturated heterocycles. The molecule has 2 heteroatoms. The van der Waals surface area contributed by atoms with E-state index in [0.29, 0.717) is 18.4 Å². The Balaban J connectivity index is 2.47. The Kier molecular flexibility index (Phi) is 6.89. The Hall–Kier alpha value is -0.860. The van der Waals surface area contributed by atoms with E-state index in [0.717, 1.165) is 18.5 Å². The molecule has 1 aromatic rings. The maximum atomic E-state index is 10.3. The SMILES string of the molecule is CC(C)Cc1ccc(C(O)CNCC(C)(C)C(C)C)cc1. The fraction of sp³-hybridized carbons (Fsp3) is 0.684. The number of aliphatic hydroxyl groups excluding tert-OH is 1. The van der Waals surface area contributed by atoms with E-state index in [2.05, 4.69) is 71.1 Å². The summed E-state index contributed by atoms with van der Waals surface area (Å²) in [6.07, 6.45) is 0.665. The van der Waals surface area contributed by atoms with Crippen molar-refractivity contribution in [3.8, 4) is 0 Å². The average molecular weight is 291 g/mol. The van der Waals surface area contributed by atoms with Gasteiger partial charge in [0.15, 0.2) is 0 Å². The van der Waals surface area contributed by atoms with E-state index in [1.807, 2.05) is 0 Å². The van der Waals surface area contributed by atoms with Crippen molar-refractivity contribution in [1.29, 1.82) is 0 Å². The van der Waals surface area contributed by atoms with Crippen LogP contribution >= 0.6 is 0 Å². The van der Waals surface area contributed by atoms with Gasteiger partial charge in [-0.05, 0) is 34.8 Å². The fourth-order valence-corrected chi connectivity index (χ4v) is 2.20. The van der Waals surface area contributed by atoms with Crippen LogP contribution in [0.2, 0.25) is 0 Å². The molecule has 0 radical (unpaired) electrons. The van der Waals surface area contributed by atoms with E-state index >= 15 is 0 Å². The average Bonchev–Trinajstić information content (AvgIpc) is 2.38. The van der Waals surface area contributed by atoms with Crippen LogP contribution in [-0.2, 0) is 6.42 Å². The molecule has 0 heterocycles. The third kappa shape index (κ3) is 6.19. The van der Waals surface area contributed by atoms with Crippen LogP contribution in [0.1, 0.15) is 58.8 Å². The van der Waals surface area contributed by atoms with Gasteiger partial charge in [-0.25, -0.2) is 0 Å². The van der Waals surface area contributed by atoms with Crippen LogP contribution in [0, 0.1) is 17.3 Å². The summed E-state index contributed by atoms with van der Waals surface area (Å²) in [6.45, 7) is 15.0. The zero-order valence-electron chi connectivity index (χ0n) is 14.6. The van der Waals surface area contributed by atoms with Gasteiger partial charge in [-0.2, -0.15) is 0 Å². The molecule has 1 rings (SSSR count). The molecule has 120 valence electrons. The van der Waals surface area contributed by atoms with Crippen molar-refractivity contribution in [2.45, 2.75) is 54.1 Å². The molecule has 2 N–H and O–H groups in total. The molecular formula is C19H33NO. The zero-order chi connectivity index (χ0) is 16.0. The first-order chi connectivity index (χ1) is 9.72. The van der Waals surface area contributed by atoms with Crippen molar-refractivity contribution in [1.82, 2.24) is 5.32 Å². The smallest absolute Gasteiger partial charge is 0.0914 e. The highest BCUT2D eigenvalue weighted by atomic mass is 16.3. The fourth-order valence-electron chi connectivity index (χ4n) is 2.20. The molecule has 0 aliphatic carbocycles. The second-order valence-corrected chi connectivity index (χ2v) is 7.63. The van der Waals surface area contributed by atoms with Crippen molar-refractivity contribution in [2.75, 3.05) is 13.1 Å². The Morgan fingerprint density at radius 1 is 1.05 bits per heavy atom. The minimum atomic E-state index is -0.430. The Morgan fingerprint density at radius 2 is 1.62 bits per heavy atom. The third-order valence-corrected chi connectivity index (χ3v) is 4.49. The van der Waals surface area contributed by atoms with E-state index < -0.39 is 6.10 Å². The maximum Gasteiger partial charge on any atom is 0.0914 e. The normalized spacial score (nSPS) is 14.0. The van der Waals surface area contributed by atoms with E-state index in [1.54, 1.807) is 0 Å². The molecule has 21 heavy (non-hydrogen) atoms. The highest BCUT2D eigenvalue weighted by Gasteiger charge is 2.22. The quantitative estimate of drug-likeness (QED) is 0.752. The highest BCUT2D eigenvalue weighted by Crippen LogP contribution is 2.25. The molecule has 2 nitrogen and oxygen atoms in total. The summed E-state index contributed by atoms with van der Waals surface area (Å²) in [4.78, 5) is 0. The zero-order valence-corrected chi connectivity index (χ0v) is 14.6. The van der Waals surface area contributed by atoms with Crippen molar-refractivity contribution < 1.29 is 5.11 Å². The molecule has 0 aliphatic rings. The Morgan fingerprint density at radius 3 is 2.10 bits per heavy atom. The molecule has 0 spiro atoms. The highest BCUT2D eigenvalue weighted by molar-refractivity contribution is 5.24. The van der Waals surface area contributed by atoms with Crippen LogP contribution in [-0.4, -0.2) is 18.2 Å². The lowest BCUT2D eigenvalue weighted by Gasteiger charge is -2.30. The molecule has 1 unspecified atom stereocenters. The second-order valence-electron chi connectivity index (χ2n) is 7.63. The summed E-state index contributed by atoms with van der Waals surface area (Å²) in [5.74, 6) is 1.29. The first-order valence-corrected chi connectivity index (χ1v) is 8.20. The number of aliphatic hydroxyl groups is 1. The van der Waals surface area contributed by atoms with Gasteiger partial charge in [0.25, 0.3) is 0 Å². The lowest BCUT2D eigenvalue weighted by atomic mass is 9.81. The molecule has 0 bridgehead atoms. The van der Waals surface area contributed by atoms with Crippen LogP contribution in [0.15, 0.2) is 24.3 Å². The van der Waals surface area contributed by atoms with E-state index in [-0.39, 0.29) is 5.41 Å². The van der Waals surface area contributed by atoms with E-state index in [1.165, 1.54) is 5.56 Å². The van der Waals surface area contributed by atoms with Crippen LogP contribution in [0.4, 0.5) is 0 Å².